The van der Waals surface area contributed by atoms with Crippen LogP contribution < -0.4 is 10.0 Å². The van der Waals surface area contributed by atoms with Gasteiger partial charge >= 0.3 is 0 Å². The van der Waals surface area contributed by atoms with E-state index in [0.29, 0.717) is 12.2 Å². The van der Waals surface area contributed by atoms with Crippen LogP contribution in [0.5, 0.6) is 0 Å². The van der Waals surface area contributed by atoms with E-state index in [9.17, 15) is 12.8 Å². The highest BCUT2D eigenvalue weighted by molar-refractivity contribution is 7.92. The smallest absolute Gasteiger partial charge is 0.229 e. The van der Waals surface area contributed by atoms with Gasteiger partial charge in [0.2, 0.25) is 10.0 Å². The van der Waals surface area contributed by atoms with Crippen LogP contribution in [0.3, 0.4) is 0 Å². The van der Waals surface area contributed by atoms with Gasteiger partial charge in [0, 0.05) is 12.2 Å². The average Bonchev–Trinajstić information content (AvgIpc) is 2.35. The van der Waals surface area contributed by atoms with Crippen molar-refractivity contribution >= 4 is 21.4 Å². The summed E-state index contributed by atoms with van der Waals surface area (Å²) in [7, 11) is -3.29. The molecule has 0 bridgehead atoms. The van der Waals surface area contributed by atoms with E-state index in [-0.39, 0.29) is 5.82 Å². The van der Waals surface area contributed by atoms with Crippen LogP contribution >= 0.6 is 0 Å². The fourth-order valence-corrected chi connectivity index (χ4v) is 2.31. The molecule has 0 aliphatic heterocycles. The van der Waals surface area contributed by atoms with Crippen LogP contribution in [0.4, 0.5) is 15.8 Å². The van der Waals surface area contributed by atoms with Gasteiger partial charge < -0.3 is 5.32 Å². The molecule has 2 N–H and O–H groups in total. The Morgan fingerprint density at radius 2 is 1.75 bits per heavy atom. The lowest BCUT2D eigenvalue weighted by Crippen LogP contribution is -2.09. The first-order chi connectivity index (χ1) is 9.42. The van der Waals surface area contributed by atoms with Crippen molar-refractivity contribution < 1.29 is 12.8 Å². The van der Waals surface area contributed by atoms with Crippen LogP contribution in [-0.2, 0) is 16.6 Å². The summed E-state index contributed by atoms with van der Waals surface area (Å²) in [5.41, 5.74) is 2.05. The Labute approximate surface area is 117 Å². The molecule has 0 amide bonds. The van der Waals surface area contributed by atoms with Crippen LogP contribution in [0, 0.1) is 5.82 Å². The summed E-state index contributed by atoms with van der Waals surface area (Å²) in [6.45, 7) is 0.458. The summed E-state index contributed by atoms with van der Waals surface area (Å²) in [5.74, 6) is -0.281. The highest BCUT2D eigenvalue weighted by Gasteiger charge is 2.02. The van der Waals surface area contributed by atoms with Crippen LogP contribution in [0.15, 0.2) is 48.5 Å². The minimum Gasteiger partial charge on any atom is -0.381 e. The quantitative estimate of drug-likeness (QED) is 0.891. The zero-order valence-electron chi connectivity index (χ0n) is 10.9. The van der Waals surface area contributed by atoms with Gasteiger partial charge in [0.05, 0.1) is 11.9 Å². The zero-order chi connectivity index (χ0) is 14.6. The molecule has 106 valence electrons. The third-order valence-corrected chi connectivity index (χ3v) is 3.16. The molecule has 0 aromatic heterocycles. The van der Waals surface area contributed by atoms with Gasteiger partial charge in [-0.2, -0.15) is 0 Å². The SMILES string of the molecule is CS(=O)(=O)Nc1cccc(NCc2cccc(F)c2)c1. The molecule has 0 aliphatic carbocycles. The predicted octanol–water partition coefficient (Wildman–Crippen LogP) is 2.81. The average molecular weight is 294 g/mol. The molecule has 0 unspecified atom stereocenters. The van der Waals surface area contributed by atoms with Crippen molar-refractivity contribution in [3.8, 4) is 0 Å². The molecule has 0 saturated heterocycles. The molecule has 4 nitrogen and oxygen atoms in total. The van der Waals surface area contributed by atoms with Gasteiger partial charge in [-0.3, -0.25) is 4.72 Å². The van der Waals surface area contributed by atoms with E-state index in [4.69, 9.17) is 0 Å². The molecule has 0 saturated carbocycles. The summed E-state index contributed by atoms with van der Waals surface area (Å²) >= 11 is 0. The molecule has 2 aromatic rings. The lowest BCUT2D eigenvalue weighted by atomic mass is 10.2. The molecule has 20 heavy (non-hydrogen) atoms. The van der Waals surface area contributed by atoms with Gasteiger partial charge in [0.15, 0.2) is 0 Å². The zero-order valence-corrected chi connectivity index (χ0v) is 11.7. The summed E-state index contributed by atoms with van der Waals surface area (Å²) in [4.78, 5) is 0. The molecule has 0 fully saturated rings. The summed E-state index contributed by atoms with van der Waals surface area (Å²) in [6.07, 6.45) is 1.10. The second-order valence-corrected chi connectivity index (χ2v) is 6.19. The second kappa shape index (κ2) is 5.92. The lowest BCUT2D eigenvalue weighted by molar-refractivity contribution is 0.607. The van der Waals surface area contributed by atoms with Crippen LogP contribution in [0.25, 0.3) is 0 Å². The Bertz CT molecular complexity index is 702. The van der Waals surface area contributed by atoms with Gasteiger partial charge in [-0.05, 0) is 35.9 Å². The highest BCUT2D eigenvalue weighted by atomic mass is 32.2. The Hall–Kier alpha value is -2.08. The standard InChI is InChI=1S/C14H15FN2O2S/c1-20(18,19)17-14-7-3-6-13(9-14)16-10-11-4-2-5-12(15)8-11/h2-9,16-17H,10H2,1H3. The normalized spacial score (nSPS) is 11.1. The number of halogens is 1. The van der Waals surface area contributed by atoms with Crippen molar-refractivity contribution in [1.29, 1.82) is 0 Å². The number of sulfonamides is 1. The largest absolute Gasteiger partial charge is 0.381 e. The Balaban J connectivity index is 2.05. The van der Waals surface area contributed by atoms with E-state index in [1.807, 2.05) is 12.1 Å². The van der Waals surface area contributed by atoms with Crippen LogP contribution in [0.2, 0.25) is 0 Å². The maximum absolute atomic E-state index is 13.0. The molecular formula is C14H15FN2O2S. The van der Waals surface area contributed by atoms with Gasteiger partial charge in [-0.1, -0.05) is 18.2 Å². The van der Waals surface area contributed by atoms with Gasteiger partial charge in [0.25, 0.3) is 0 Å². The number of hydrogen-bond acceptors (Lipinski definition) is 3. The number of rotatable bonds is 5. The minimum atomic E-state index is -3.29. The minimum absolute atomic E-state index is 0.281. The van der Waals surface area contributed by atoms with Crippen molar-refractivity contribution in [2.45, 2.75) is 6.54 Å². The van der Waals surface area contributed by atoms with Crippen molar-refractivity contribution in [2.75, 3.05) is 16.3 Å². The molecular weight excluding hydrogens is 279 g/mol. The monoisotopic (exact) mass is 294 g/mol. The topological polar surface area (TPSA) is 58.2 Å². The molecule has 0 atom stereocenters. The molecule has 0 heterocycles. The van der Waals surface area contributed by atoms with Crippen molar-refractivity contribution in [3.05, 3.63) is 59.9 Å². The van der Waals surface area contributed by atoms with Crippen molar-refractivity contribution in [3.63, 3.8) is 0 Å². The van der Waals surface area contributed by atoms with Crippen LogP contribution in [-0.4, -0.2) is 14.7 Å². The summed E-state index contributed by atoms with van der Waals surface area (Å²) in [6, 6.07) is 13.2. The first kappa shape index (κ1) is 14.3. The number of anilines is 2. The first-order valence-electron chi connectivity index (χ1n) is 5.98. The maximum atomic E-state index is 13.0. The molecule has 0 aliphatic rings. The predicted molar refractivity (Wildman–Crippen MR) is 78.6 cm³/mol. The van der Waals surface area contributed by atoms with Gasteiger partial charge in [0.1, 0.15) is 5.82 Å². The third kappa shape index (κ3) is 4.55. The number of benzene rings is 2. The Morgan fingerprint density at radius 1 is 1.05 bits per heavy atom. The van der Waals surface area contributed by atoms with E-state index < -0.39 is 10.0 Å². The van der Waals surface area contributed by atoms with Gasteiger partial charge in [-0.25, -0.2) is 12.8 Å². The van der Waals surface area contributed by atoms with E-state index in [0.717, 1.165) is 17.5 Å². The van der Waals surface area contributed by atoms with Crippen molar-refractivity contribution in [1.82, 2.24) is 0 Å². The highest BCUT2D eigenvalue weighted by Crippen LogP contribution is 2.17. The Morgan fingerprint density at radius 3 is 2.45 bits per heavy atom. The Kier molecular flexibility index (Phi) is 4.24. The third-order valence-electron chi connectivity index (χ3n) is 2.55. The van der Waals surface area contributed by atoms with Crippen molar-refractivity contribution in [2.24, 2.45) is 0 Å². The van der Waals surface area contributed by atoms with E-state index >= 15 is 0 Å². The van der Waals surface area contributed by atoms with Gasteiger partial charge in [-0.15, -0.1) is 0 Å². The first-order valence-corrected chi connectivity index (χ1v) is 7.88. The fraction of sp³-hybridized carbons (Fsp3) is 0.143. The molecule has 0 radical (unpaired) electrons. The maximum Gasteiger partial charge on any atom is 0.229 e. The molecule has 0 spiro atoms. The van der Waals surface area contributed by atoms with E-state index in [2.05, 4.69) is 10.0 Å². The summed E-state index contributed by atoms with van der Waals surface area (Å²) in [5, 5.41) is 3.11. The fourth-order valence-electron chi connectivity index (χ4n) is 1.76. The van der Waals surface area contributed by atoms with E-state index in [1.165, 1.54) is 12.1 Å². The molecule has 2 rings (SSSR count). The molecule has 6 heteroatoms. The van der Waals surface area contributed by atoms with Crippen LogP contribution in [0.1, 0.15) is 5.56 Å². The summed E-state index contributed by atoms with van der Waals surface area (Å²) < 4.78 is 37.8. The molecule has 2 aromatic carbocycles. The number of hydrogen-bond donors (Lipinski definition) is 2. The second-order valence-electron chi connectivity index (χ2n) is 4.44. The number of nitrogens with one attached hydrogen (secondary N) is 2. The van der Waals surface area contributed by atoms with E-state index in [1.54, 1.807) is 24.3 Å². The lowest BCUT2D eigenvalue weighted by Gasteiger charge is -2.09.